The lowest BCUT2D eigenvalue weighted by molar-refractivity contribution is -0.121. The zero-order chi connectivity index (χ0) is 17.8. The molecule has 5 heteroatoms. The van der Waals surface area contributed by atoms with Crippen LogP contribution in [0.25, 0.3) is 11.3 Å². The van der Waals surface area contributed by atoms with Crippen LogP contribution in [0.1, 0.15) is 31.5 Å². The van der Waals surface area contributed by atoms with Crippen LogP contribution < -0.4 is 0 Å². The zero-order valence-electron chi connectivity index (χ0n) is 14.7. The van der Waals surface area contributed by atoms with Crippen molar-refractivity contribution in [1.29, 1.82) is 5.26 Å². The van der Waals surface area contributed by atoms with Crippen molar-refractivity contribution in [1.82, 2.24) is 14.8 Å². The fourth-order valence-corrected chi connectivity index (χ4v) is 4.71. The van der Waals surface area contributed by atoms with Crippen LogP contribution in [0.15, 0.2) is 36.2 Å². The van der Waals surface area contributed by atoms with Crippen molar-refractivity contribution in [2.24, 2.45) is 18.9 Å². The van der Waals surface area contributed by atoms with E-state index in [0.717, 1.165) is 29.8 Å². The molecule has 0 bridgehead atoms. The summed E-state index contributed by atoms with van der Waals surface area (Å²) in [6.45, 7) is 4.07. The van der Waals surface area contributed by atoms with Crippen molar-refractivity contribution in [3.63, 3.8) is 0 Å². The summed E-state index contributed by atoms with van der Waals surface area (Å²) in [7, 11) is 1.95. The predicted molar refractivity (Wildman–Crippen MR) is 93.5 cm³/mol. The maximum atomic E-state index is 12.4. The maximum Gasteiger partial charge on any atom is 0.176 e. The Morgan fingerprint density at radius 1 is 1.44 bits per heavy atom. The van der Waals surface area contributed by atoms with Crippen molar-refractivity contribution >= 4 is 5.78 Å². The molecular weight excluding hydrogens is 312 g/mol. The van der Waals surface area contributed by atoms with Gasteiger partial charge in [0.05, 0.1) is 17.0 Å². The lowest BCUT2D eigenvalue weighted by Gasteiger charge is -2.44. The monoisotopic (exact) mass is 332 g/mol. The van der Waals surface area contributed by atoms with E-state index in [1.165, 1.54) is 5.56 Å². The van der Waals surface area contributed by atoms with Gasteiger partial charge < -0.3 is 0 Å². The summed E-state index contributed by atoms with van der Waals surface area (Å²) in [4.78, 5) is 16.7. The summed E-state index contributed by atoms with van der Waals surface area (Å²) in [5.74, 6) is -0.000245. The number of carbonyl (C=O) groups excluding carboxylic acids is 1. The molecule has 0 spiro atoms. The molecule has 2 heterocycles. The minimum Gasteiger partial charge on any atom is -0.293 e. The number of hydrogen-bond donors (Lipinski definition) is 0. The fourth-order valence-electron chi connectivity index (χ4n) is 4.71. The van der Waals surface area contributed by atoms with Crippen LogP contribution in [0.4, 0.5) is 0 Å². The number of aryl methyl sites for hydroxylation is 1. The SMILES string of the molecule is C[C@H]1C(=O)C(C#N)=C[C@@]2(C)c3nn(C)c(-c4cccnc4)c3CC[C@H]12. The smallest absolute Gasteiger partial charge is 0.176 e. The predicted octanol–water partition coefficient (Wildman–Crippen LogP) is 2.97. The molecule has 126 valence electrons. The highest BCUT2D eigenvalue weighted by Crippen LogP contribution is 2.50. The Hall–Kier alpha value is -2.74. The Morgan fingerprint density at radius 2 is 2.24 bits per heavy atom. The van der Waals surface area contributed by atoms with Gasteiger partial charge >= 0.3 is 0 Å². The van der Waals surface area contributed by atoms with Gasteiger partial charge in [-0.3, -0.25) is 14.5 Å². The topological polar surface area (TPSA) is 71.6 Å². The minimum atomic E-state index is -0.385. The molecule has 0 saturated carbocycles. The third kappa shape index (κ3) is 2.10. The molecule has 0 amide bonds. The lowest BCUT2D eigenvalue weighted by atomic mass is 9.58. The Labute approximate surface area is 147 Å². The molecule has 0 fully saturated rings. The van der Waals surface area contributed by atoms with Crippen LogP contribution in [0.2, 0.25) is 0 Å². The van der Waals surface area contributed by atoms with E-state index in [1.807, 2.05) is 43.1 Å². The molecule has 2 aliphatic rings. The summed E-state index contributed by atoms with van der Waals surface area (Å²) in [6.07, 6.45) is 7.29. The van der Waals surface area contributed by atoms with E-state index in [4.69, 9.17) is 5.10 Å². The van der Waals surface area contributed by atoms with E-state index >= 15 is 0 Å². The van der Waals surface area contributed by atoms with Gasteiger partial charge in [-0.05, 0) is 30.9 Å². The van der Waals surface area contributed by atoms with Gasteiger partial charge in [0.25, 0.3) is 0 Å². The summed E-state index contributed by atoms with van der Waals surface area (Å²) in [5.41, 5.74) is 4.23. The first kappa shape index (κ1) is 15.8. The highest BCUT2D eigenvalue weighted by atomic mass is 16.1. The second-order valence-electron chi connectivity index (χ2n) is 7.29. The molecule has 5 nitrogen and oxygen atoms in total. The second kappa shape index (κ2) is 5.38. The van der Waals surface area contributed by atoms with Crippen LogP contribution in [0, 0.1) is 23.2 Å². The normalized spacial score (nSPS) is 27.9. The highest BCUT2D eigenvalue weighted by Gasteiger charge is 2.50. The van der Waals surface area contributed by atoms with Gasteiger partial charge in [0.1, 0.15) is 6.07 Å². The van der Waals surface area contributed by atoms with Gasteiger partial charge in [-0.25, -0.2) is 0 Å². The molecule has 0 saturated heterocycles. The Balaban J connectivity index is 1.94. The van der Waals surface area contributed by atoms with Crippen molar-refractivity contribution < 1.29 is 4.79 Å². The number of Topliss-reactive ketones (excluding diaryl/α,β-unsaturated/α-hetero) is 1. The lowest BCUT2D eigenvalue weighted by Crippen LogP contribution is -2.45. The third-order valence-corrected chi connectivity index (χ3v) is 5.91. The first-order chi connectivity index (χ1) is 12.0. The van der Waals surface area contributed by atoms with Crippen LogP contribution in [-0.2, 0) is 23.7 Å². The van der Waals surface area contributed by atoms with Crippen molar-refractivity contribution in [2.75, 3.05) is 0 Å². The quantitative estimate of drug-likeness (QED) is 0.805. The summed E-state index contributed by atoms with van der Waals surface area (Å²) in [6, 6.07) is 6.06. The van der Waals surface area contributed by atoms with E-state index in [2.05, 4.69) is 18.0 Å². The summed E-state index contributed by atoms with van der Waals surface area (Å²) < 4.78 is 1.91. The molecule has 2 aromatic heterocycles. The molecule has 0 N–H and O–H groups in total. The maximum absolute atomic E-state index is 12.4. The molecule has 3 atom stereocenters. The van der Waals surface area contributed by atoms with Crippen molar-refractivity contribution in [3.05, 3.63) is 47.4 Å². The average Bonchev–Trinajstić information content (AvgIpc) is 2.96. The molecular formula is C20H20N4O. The van der Waals surface area contributed by atoms with Crippen molar-refractivity contribution in [3.8, 4) is 17.3 Å². The molecule has 0 unspecified atom stereocenters. The number of hydrogen-bond acceptors (Lipinski definition) is 4. The molecule has 2 aromatic rings. The Morgan fingerprint density at radius 3 is 2.92 bits per heavy atom. The molecule has 4 rings (SSSR count). The van der Waals surface area contributed by atoms with Gasteiger partial charge in [0, 0.05) is 41.9 Å². The van der Waals surface area contributed by atoms with E-state index < -0.39 is 0 Å². The van der Waals surface area contributed by atoms with E-state index in [-0.39, 0.29) is 28.6 Å². The first-order valence-electron chi connectivity index (χ1n) is 8.61. The van der Waals surface area contributed by atoms with Crippen LogP contribution in [0.5, 0.6) is 0 Å². The average molecular weight is 332 g/mol. The van der Waals surface area contributed by atoms with Crippen LogP contribution >= 0.6 is 0 Å². The van der Waals surface area contributed by atoms with Gasteiger partial charge in [-0.2, -0.15) is 10.4 Å². The van der Waals surface area contributed by atoms with Crippen molar-refractivity contribution in [2.45, 2.75) is 32.1 Å². The zero-order valence-corrected chi connectivity index (χ0v) is 14.7. The van der Waals surface area contributed by atoms with E-state index in [0.29, 0.717) is 0 Å². The van der Waals surface area contributed by atoms with E-state index in [9.17, 15) is 10.1 Å². The van der Waals surface area contributed by atoms with Crippen LogP contribution in [0.3, 0.4) is 0 Å². The number of pyridine rings is 1. The summed E-state index contributed by atoms with van der Waals surface area (Å²) >= 11 is 0. The number of rotatable bonds is 1. The van der Waals surface area contributed by atoms with Crippen LogP contribution in [-0.4, -0.2) is 20.5 Å². The molecule has 0 radical (unpaired) electrons. The number of ketones is 1. The minimum absolute atomic E-state index is 0.0307. The fraction of sp³-hybridized carbons (Fsp3) is 0.400. The number of allylic oxidation sites excluding steroid dienone is 2. The standard InChI is InChI=1S/C20H20N4O/c1-12-16-7-6-15-17(13-5-4-8-22-11-13)24(3)23-19(15)20(16,2)9-14(10-21)18(12)25/h4-5,8-9,11-12,16H,6-7H2,1-3H3/t12-,16-,20-/m1/s1. The number of fused-ring (bicyclic) bond motifs is 3. The molecule has 2 aliphatic carbocycles. The number of aromatic nitrogens is 3. The second-order valence-corrected chi connectivity index (χ2v) is 7.29. The highest BCUT2D eigenvalue weighted by molar-refractivity contribution is 6.02. The van der Waals surface area contributed by atoms with Gasteiger partial charge in [0.2, 0.25) is 0 Å². The number of nitriles is 1. The first-order valence-corrected chi connectivity index (χ1v) is 8.61. The van der Waals surface area contributed by atoms with Gasteiger partial charge in [-0.1, -0.05) is 19.9 Å². The summed E-state index contributed by atoms with van der Waals surface area (Å²) in [5, 5.41) is 14.2. The molecule has 25 heavy (non-hydrogen) atoms. The number of carbonyl (C=O) groups is 1. The Kier molecular flexibility index (Phi) is 3.40. The largest absolute Gasteiger partial charge is 0.293 e. The van der Waals surface area contributed by atoms with E-state index in [1.54, 1.807) is 6.20 Å². The third-order valence-electron chi connectivity index (χ3n) is 5.91. The number of nitrogens with zero attached hydrogens (tertiary/aromatic N) is 4. The van der Waals surface area contributed by atoms with Gasteiger partial charge in [-0.15, -0.1) is 0 Å². The molecule has 0 aromatic carbocycles. The Bertz CT molecular complexity index is 935. The molecule has 0 aliphatic heterocycles. The van der Waals surface area contributed by atoms with Gasteiger partial charge in [0.15, 0.2) is 5.78 Å².